The highest BCUT2D eigenvalue weighted by atomic mass is 16.1. The number of hydrogen-bond donors (Lipinski definition) is 3. The van der Waals surface area contributed by atoms with E-state index in [0.29, 0.717) is 17.2 Å². The van der Waals surface area contributed by atoms with Gasteiger partial charge < -0.3 is 16.4 Å². The molecule has 1 amide bonds. The second kappa shape index (κ2) is 5.35. The third-order valence-electron chi connectivity index (χ3n) is 3.32. The van der Waals surface area contributed by atoms with E-state index in [9.17, 15) is 4.79 Å². The van der Waals surface area contributed by atoms with E-state index in [-0.39, 0.29) is 0 Å². The Bertz CT molecular complexity index is 453. The second-order valence-electron chi connectivity index (χ2n) is 4.88. The van der Waals surface area contributed by atoms with Gasteiger partial charge in [-0.15, -0.1) is 0 Å². The number of rotatable bonds is 4. The van der Waals surface area contributed by atoms with Crippen LogP contribution in [0.25, 0.3) is 0 Å². The van der Waals surface area contributed by atoms with E-state index in [4.69, 9.17) is 5.73 Å². The molecule has 1 fully saturated rings. The largest absolute Gasteiger partial charge is 0.384 e. The maximum Gasteiger partial charge on any atom is 0.252 e. The van der Waals surface area contributed by atoms with Crippen LogP contribution in [-0.2, 0) is 0 Å². The van der Waals surface area contributed by atoms with Crippen LogP contribution in [-0.4, -0.2) is 30.5 Å². The third kappa shape index (κ3) is 2.79. The number of nitrogens with zero attached hydrogens (tertiary/aromatic N) is 1. The van der Waals surface area contributed by atoms with Gasteiger partial charge in [0, 0.05) is 12.2 Å². The van der Waals surface area contributed by atoms with Crippen molar-refractivity contribution >= 4 is 11.6 Å². The molecule has 1 aromatic heterocycles. The molecule has 2 heterocycles. The number of carbonyl (C=O) groups is 1. The van der Waals surface area contributed by atoms with E-state index < -0.39 is 5.91 Å². The Labute approximate surface area is 107 Å². The lowest BCUT2D eigenvalue weighted by Gasteiger charge is -2.15. The van der Waals surface area contributed by atoms with Crippen LogP contribution >= 0.6 is 0 Å². The minimum absolute atomic E-state index is 0.424. The van der Waals surface area contributed by atoms with E-state index in [2.05, 4.69) is 15.6 Å². The van der Waals surface area contributed by atoms with Gasteiger partial charge in [0.2, 0.25) is 0 Å². The zero-order valence-corrected chi connectivity index (χ0v) is 10.9. The number of nitrogens with one attached hydrogen (secondary N) is 2. The number of hydrogen-bond acceptors (Lipinski definition) is 4. The molecule has 5 nitrogen and oxygen atoms in total. The van der Waals surface area contributed by atoms with Gasteiger partial charge in [0.05, 0.1) is 16.9 Å². The zero-order chi connectivity index (χ0) is 13.1. The average Bonchev–Trinajstić information content (AvgIpc) is 2.77. The number of aryl methyl sites for hydroxylation is 2. The Hall–Kier alpha value is -1.62. The minimum atomic E-state index is -0.424. The van der Waals surface area contributed by atoms with Crippen LogP contribution in [0.2, 0.25) is 0 Å². The van der Waals surface area contributed by atoms with Crippen molar-refractivity contribution in [3.05, 3.63) is 23.0 Å². The summed E-state index contributed by atoms with van der Waals surface area (Å²) < 4.78 is 0. The second-order valence-corrected chi connectivity index (χ2v) is 4.88. The van der Waals surface area contributed by atoms with E-state index >= 15 is 0 Å². The van der Waals surface area contributed by atoms with Crippen molar-refractivity contribution in [3.8, 4) is 0 Å². The van der Waals surface area contributed by atoms with Gasteiger partial charge in [0.25, 0.3) is 5.91 Å². The molecule has 0 radical (unpaired) electrons. The molecular formula is C13H20N4O. The molecule has 2 rings (SSSR count). The average molecular weight is 248 g/mol. The molecule has 1 saturated heterocycles. The summed E-state index contributed by atoms with van der Waals surface area (Å²) in [6.45, 7) is 6.69. The highest BCUT2D eigenvalue weighted by Gasteiger charge is 2.17. The Kier molecular flexibility index (Phi) is 3.81. The molecule has 1 aliphatic rings. The van der Waals surface area contributed by atoms with Crippen LogP contribution in [0.1, 0.15) is 28.2 Å². The third-order valence-corrected chi connectivity index (χ3v) is 3.32. The molecule has 0 spiro atoms. The summed E-state index contributed by atoms with van der Waals surface area (Å²) in [5.74, 6) is 0.187. The predicted octanol–water partition coefficient (Wildman–Crippen LogP) is 0.819. The van der Waals surface area contributed by atoms with Crippen LogP contribution in [0, 0.1) is 19.8 Å². The molecule has 5 heteroatoms. The first-order valence-electron chi connectivity index (χ1n) is 6.30. The molecule has 1 atom stereocenters. The predicted molar refractivity (Wildman–Crippen MR) is 71.7 cm³/mol. The highest BCUT2D eigenvalue weighted by molar-refractivity contribution is 5.99. The fourth-order valence-corrected chi connectivity index (χ4v) is 2.42. The maximum atomic E-state index is 11.5. The molecule has 1 unspecified atom stereocenters. The molecule has 0 bridgehead atoms. The van der Waals surface area contributed by atoms with Gasteiger partial charge in [0.15, 0.2) is 0 Å². The number of pyridine rings is 1. The summed E-state index contributed by atoms with van der Waals surface area (Å²) in [7, 11) is 0. The van der Waals surface area contributed by atoms with Gasteiger partial charge >= 0.3 is 0 Å². The summed E-state index contributed by atoms with van der Waals surface area (Å²) >= 11 is 0. The van der Waals surface area contributed by atoms with Crippen molar-refractivity contribution in [3.63, 3.8) is 0 Å². The Balaban J connectivity index is 2.16. The summed E-state index contributed by atoms with van der Waals surface area (Å²) in [5.41, 5.74) is 8.31. The fraction of sp³-hybridized carbons (Fsp3) is 0.538. The molecule has 1 aliphatic heterocycles. The van der Waals surface area contributed by atoms with Crippen molar-refractivity contribution in [1.82, 2.24) is 10.3 Å². The number of amides is 1. The van der Waals surface area contributed by atoms with E-state index in [1.54, 1.807) is 0 Å². The highest BCUT2D eigenvalue weighted by Crippen LogP contribution is 2.20. The Morgan fingerprint density at radius 3 is 3.00 bits per heavy atom. The van der Waals surface area contributed by atoms with Crippen LogP contribution in [0.15, 0.2) is 6.07 Å². The quantitative estimate of drug-likeness (QED) is 0.737. The first-order valence-corrected chi connectivity index (χ1v) is 6.30. The lowest BCUT2D eigenvalue weighted by Crippen LogP contribution is -2.21. The first kappa shape index (κ1) is 12.8. The summed E-state index contributed by atoms with van der Waals surface area (Å²) in [6, 6.07) is 1.88. The monoisotopic (exact) mass is 248 g/mol. The molecule has 18 heavy (non-hydrogen) atoms. The topological polar surface area (TPSA) is 80.0 Å². The van der Waals surface area contributed by atoms with Crippen LogP contribution in [0.5, 0.6) is 0 Å². The van der Waals surface area contributed by atoms with Crippen molar-refractivity contribution in [2.75, 3.05) is 25.0 Å². The molecule has 1 aromatic rings. The number of nitrogens with two attached hydrogens (primary N) is 1. The molecule has 4 N–H and O–H groups in total. The van der Waals surface area contributed by atoms with Crippen LogP contribution in [0.3, 0.4) is 0 Å². The minimum Gasteiger partial charge on any atom is -0.384 e. The lowest BCUT2D eigenvalue weighted by molar-refractivity contribution is 0.1000. The van der Waals surface area contributed by atoms with E-state index in [1.807, 2.05) is 19.9 Å². The standard InChI is InChI=1S/C13H20N4O/c1-8-5-11(12(13(14)18)9(2)17-8)16-7-10-3-4-15-6-10/h5,10,15H,3-4,6-7H2,1-2H3,(H2,14,18)(H,16,17). The number of primary amides is 1. The lowest BCUT2D eigenvalue weighted by atomic mass is 10.1. The van der Waals surface area contributed by atoms with Crippen molar-refractivity contribution in [1.29, 1.82) is 0 Å². The molecule has 0 aromatic carbocycles. The van der Waals surface area contributed by atoms with Crippen molar-refractivity contribution in [2.24, 2.45) is 11.7 Å². The number of anilines is 1. The van der Waals surface area contributed by atoms with E-state index in [0.717, 1.165) is 31.0 Å². The van der Waals surface area contributed by atoms with Gasteiger partial charge in [-0.2, -0.15) is 0 Å². The van der Waals surface area contributed by atoms with Crippen molar-refractivity contribution < 1.29 is 4.79 Å². The van der Waals surface area contributed by atoms with Crippen LogP contribution < -0.4 is 16.4 Å². The van der Waals surface area contributed by atoms with Gasteiger partial charge in [-0.05, 0) is 45.3 Å². The molecule has 0 aliphatic carbocycles. The van der Waals surface area contributed by atoms with Gasteiger partial charge in [-0.3, -0.25) is 9.78 Å². The maximum absolute atomic E-state index is 11.5. The SMILES string of the molecule is Cc1cc(NCC2CCNC2)c(C(N)=O)c(C)n1. The first-order chi connectivity index (χ1) is 8.58. The number of aromatic nitrogens is 1. The van der Waals surface area contributed by atoms with Gasteiger partial charge in [-0.25, -0.2) is 0 Å². The molecule has 98 valence electrons. The Morgan fingerprint density at radius 2 is 2.39 bits per heavy atom. The van der Waals surface area contributed by atoms with Crippen LogP contribution in [0.4, 0.5) is 5.69 Å². The summed E-state index contributed by atoms with van der Waals surface area (Å²) in [5, 5.41) is 6.66. The fourth-order valence-electron chi connectivity index (χ4n) is 2.42. The van der Waals surface area contributed by atoms with Crippen molar-refractivity contribution in [2.45, 2.75) is 20.3 Å². The van der Waals surface area contributed by atoms with Gasteiger partial charge in [0.1, 0.15) is 0 Å². The molecule has 0 saturated carbocycles. The molecular weight excluding hydrogens is 228 g/mol. The number of carbonyl (C=O) groups excluding carboxylic acids is 1. The van der Waals surface area contributed by atoms with Gasteiger partial charge in [-0.1, -0.05) is 0 Å². The summed E-state index contributed by atoms with van der Waals surface area (Å²) in [6.07, 6.45) is 1.17. The Morgan fingerprint density at radius 1 is 1.61 bits per heavy atom. The smallest absolute Gasteiger partial charge is 0.252 e. The van der Waals surface area contributed by atoms with E-state index in [1.165, 1.54) is 6.42 Å². The zero-order valence-electron chi connectivity index (χ0n) is 10.9. The summed E-state index contributed by atoms with van der Waals surface area (Å²) in [4.78, 5) is 15.8. The normalized spacial score (nSPS) is 18.9.